The molecule has 1 nitrogen and oxygen atoms in total. The van der Waals surface area contributed by atoms with Crippen LogP contribution >= 0.6 is 38.5 Å². The predicted octanol–water partition coefficient (Wildman–Crippen LogP) is 4.89. The third-order valence-corrected chi connectivity index (χ3v) is 4.49. The van der Waals surface area contributed by atoms with Gasteiger partial charge in [-0.1, -0.05) is 31.2 Å². The van der Waals surface area contributed by atoms with Gasteiger partial charge in [0, 0.05) is 3.57 Å². The lowest BCUT2D eigenvalue weighted by Gasteiger charge is -2.20. The second kappa shape index (κ2) is 6.81. The molecule has 2 aromatic carbocycles. The maximum Gasteiger partial charge on any atom is 0.137 e. The van der Waals surface area contributed by atoms with Gasteiger partial charge >= 0.3 is 0 Å². The molecule has 0 bridgehead atoms. The molecule has 2 aromatic rings. The molecule has 0 heterocycles. The fraction of sp³-hybridized carbons (Fsp3) is 0.200. The first kappa shape index (κ1) is 14.9. The van der Waals surface area contributed by atoms with Gasteiger partial charge < -0.3 is 5.32 Å². The van der Waals surface area contributed by atoms with Gasteiger partial charge in [0.15, 0.2) is 0 Å². The van der Waals surface area contributed by atoms with E-state index in [1.807, 2.05) is 24.3 Å². The third-order valence-electron chi connectivity index (χ3n) is 2.90. The Labute approximate surface area is 134 Å². The first-order chi connectivity index (χ1) is 9.13. The van der Waals surface area contributed by atoms with E-state index in [1.165, 1.54) is 15.2 Å². The average Bonchev–Trinajstić information content (AvgIpc) is 2.40. The lowest BCUT2D eigenvalue weighted by molar-refractivity contribution is 0.607. The van der Waals surface area contributed by atoms with E-state index in [9.17, 15) is 4.39 Å². The van der Waals surface area contributed by atoms with E-state index >= 15 is 0 Å². The van der Waals surface area contributed by atoms with Gasteiger partial charge in [-0.05, 0) is 74.4 Å². The number of halogens is 3. The van der Waals surface area contributed by atoms with Crippen LogP contribution in [0.3, 0.4) is 0 Å². The van der Waals surface area contributed by atoms with Crippen LogP contribution in [0.15, 0.2) is 46.9 Å². The molecule has 1 atom stereocenters. The quantitative estimate of drug-likeness (QED) is 0.676. The summed E-state index contributed by atoms with van der Waals surface area (Å²) >= 11 is 5.58. The van der Waals surface area contributed by atoms with Crippen LogP contribution in [-0.2, 0) is 0 Å². The van der Waals surface area contributed by atoms with Gasteiger partial charge in [-0.25, -0.2) is 4.39 Å². The van der Waals surface area contributed by atoms with Crippen molar-refractivity contribution in [2.24, 2.45) is 0 Å². The molecule has 0 radical (unpaired) electrons. The zero-order valence-electron chi connectivity index (χ0n) is 10.5. The summed E-state index contributed by atoms with van der Waals surface area (Å²) in [5.74, 6) is -0.234. The van der Waals surface area contributed by atoms with E-state index in [-0.39, 0.29) is 11.9 Å². The number of hydrogen-bond acceptors (Lipinski definition) is 1. The topological polar surface area (TPSA) is 12.0 Å². The summed E-state index contributed by atoms with van der Waals surface area (Å²) in [4.78, 5) is 0. The van der Waals surface area contributed by atoms with Crippen LogP contribution in [0.1, 0.15) is 24.1 Å². The molecule has 0 fully saturated rings. The van der Waals surface area contributed by atoms with Gasteiger partial charge in [0.25, 0.3) is 0 Å². The van der Waals surface area contributed by atoms with Crippen LogP contribution in [-0.4, -0.2) is 6.54 Å². The standard InChI is InChI=1S/C15H14BrFIN/c1-2-19-15(11-5-3-4-6-14(11)18)10-7-8-13(17)12(16)9-10/h3-9,15,19H,2H2,1H3. The van der Waals surface area contributed by atoms with E-state index < -0.39 is 0 Å². The van der Waals surface area contributed by atoms with Crippen LogP contribution < -0.4 is 5.32 Å². The molecule has 0 spiro atoms. The van der Waals surface area contributed by atoms with Crippen molar-refractivity contribution in [3.8, 4) is 0 Å². The molecule has 100 valence electrons. The third kappa shape index (κ3) is 3.55. The number of benzene rings is 2. The Kier molecular flexibility index (Phi) is 5.36. The average molecular weight is 434 g/mol. The Bertz CT molecular complexity index is 574. The molecule has 0 saturated carbocycles. The molecular weight excluding hydrogens is 420 g/mol. The summed E-state index contributed by atoms with van der Waals surface area (Å²) in [6.45, 7) is 2.92. The molecule has 1 N–H and O–H groups in total. The Balaban J connectivity index is 2.45. The van der Waals surface area contributed by atoms with Gasteiger partial charge in [-0.3, -0.25) is 0 Å². The minimum Gasteiger partial charge on any atom is -0.306 e. The first-order valence-electron chi connectivity index (χ1n) is 6.06. The van der Waals surface area contributed by atoms with Crippen molar-refractivity contribution in [2.75, 3.05) is 6.54 Å². The van der Waals surface area contributed by atoms with Crippen LogP contribution in [0.5, 0.6) is 0 Å². The van der Waals surface area contributed by atoms with Crippen molar-refractivity contribution in [3.05, 3.63) is 67.5 Å². The Morgan fingerprint density at radius 1 is 1.26 bits per heavy atom. The maximum absolute atomic E-state index is 13.4. The molecule has 0 aliphatic heterocycles. The minimum atomic E-state index is -0.234. The van der Waals surface area contributed by atoms with Crippen LogP contribution in [0.25, 0.3) is 0 Å². The highest BCUT2D eigenvalue weighted by molar-refractivity contribution is 14.1. The molecular formula is C15H14BrFIN. The number of rotatable bonds is 4. The second-order valence-electron chi connectivity index (χ2n) is 4.19. The molecule has 4 heteroatoms. The molecule has 1 unspecified atom stereocenters. The van der Waals surface area contributed by atoms with Crippen molar-refractivity contribution < 1.29 is 4.39 Å². The highest BCUT2D eigenvalue weighted by atomic mass is 127. The lowest BCUT2D eigenvalue weighted by atomic mass is 9.99. The predicted molar refractivity (Wildman–Crippen MR) is 88.8 cm³/mol. The fourth-order valence-electron chi connectivity index (χ4n) is 2.01. The summed E-state index contributed by atoms with van der Waals surface area (Å²) in [5.41, 5.74) is 2.27. The molecule has 0 amide bonds. The van der Waals surface area contributed by atoms with E-state index in [4.69, 9.17) is 0 Å². The molecule has 0 aliphatic carbocycles. The minimum absolute atomic E-state index is 0.0787. The zero-order valence-corrected chi connectivity index (χ0v) is 14.2. The Hall–Kier alpha value is -0.460. The van der Waals surface area contributed by atoms with E-state index in [1.54, 1.807) is 0 Å². The Morgan fingerprint density at radius 3 is 2.63 bits per heavy atom. The lowest BCUT2D eigenvalue weighted by Crippen LogP contribution is -2.22. The van der Waals surface area contributed by atoms with E-state index in [0.717, 1.165) is 12.1 Å². The van der Waals surface area contributed by atoms with Gasteiger partial charge in [-0.2, -0.15) is 0 Å². The summed E-state index contributed by atoms with van der Waals surface area (Å²) in [6.07, 6.45) is 0. The zero-order chi connectivity index (χ0) is 13.8. The normalized spacial score (nSPS) is 12.4. The van der Waals surface area contributed by atoms with Crippen molar-refractivity contribution in [3.63, 3.8) is 0 Å². The van der Waals surface area contributed by atoms with Crippen molar-refractivity contribution in [1.82, 2.24) is 5.32 Å². The highest BCUT2D eigenvalue weighted by Gasteiger charge is 2.16. The Morgan fingerprint density at radius 2 is 2.00 bits per heavy atom. The molecule has 0 aliphatic rings. The van der Waals surface area contributed by atoms with Crippen molar-refractivity contribution >= 4 is 38.5 Å². The van der Waals surface area contributed by atoms with E-state index in [2.05, 4.69) is 62.9 Å². The molecule has 2 rings (SSSR count). The summed E-state index contributed by atoms with van der Waals surface area (Å²) < 4.78 is 15.1. The molecule has 0 aromatic heterocycles. The van der Waals surface area contributed by atoms with Gasteiger partial charge in [-0.15, -0.1) is 0 Å². The summed E-state index contributed by atoms with van der Waals surface area (Å²) in [7, 11) is 0. The van der Waals surface area contributed by atoms with Crippen LogP contribution in [0.2, 0.25) is 0 Å². The van der Waals surface area contributed by atoms with Crippen LogP contribution in [0.4, 0.5) is 4.39 Å². The number of nitrogens with one attached hydrogen (secondary N) is 1. The fourth-order valence-corrected chi connectivity index (χ4v) is 3.11. The molecule has 19 heavy (non-hydrogen) atoms. The van der Waals surface area contributed by atoms with Crippen LogP contribution in [0, 0.1) is 9.39 Å². The largest absolute Gasteiger partial charge is 0.306 e. The van der Waals surface area contributed by atoms with E-state index in [0.29, 0.717) is 4.47 Å². The molecule has 0 saturated heterocycles. The SMILES string of the molecule is CCNC(c1ccc(F)c(Br)c1)c1ccccc1I. The van der Waals surface area contributed by atoms with Crippen molar-refractivity contribution in [2.45, 2.75) is 13.0 Å². The second-order valence-corrected chi connectivity index (χ2v) is 6.20. The summed E-state index contributed by atoms with van der Waals surface area (Å²) in [6, 6.07) is 13.5. The number of hydrogen-bond donors (Lipinski definition) is 1. The van der Waals surface area contributed by atoms with Crippen molar-refractivity contribution in [1.29, 1.82) is 0 Å². The maximum atomic E-state index is 13.4. The first-order valence-corrected chi connectivity index (χ1v) is 7.93. The smallest absolute Gasteiger partial charge is 0.137 e. The van der Waals surface area contributed by atoms with Gasteiger partial charge in [0.1, 0.15) is 5.82 Å². The van der Waals surface area contributed by atoms with Gasteiger partial charge in [0.2, 0.25) is 0 Å². The van der Waals surface area contributed by atoms with Gasteiger partial charge in [0.05, 0.1) is 10.5 Å². The highest BCUT2D eigenvalue weighted by Crippen LogP contribution is 2.28. The monoisotopic (exact) mass is 433 g/mol. The summed E-state index contributed by atoms with van der Waals surface area (Å²) in [5, 5.41) is 3.45.